The van der Waals surface area contributed by atoms with Gasteiger partial charge < -0.3 is 14.6 Å². The van der Waals surface area contributed by atoms with E-state index in [0.29, 0.717) is 39.1 Å². The molecule has 0 aliphatic heterocycles. The number of aliphatic hydroxyl groups excluding tert-OH is 1. The minimum Gasteiger partial charge on any atom is -0.493 e. The second-order valence-corrected chi connectivity index (χ2v) is 5.96. The maximum atomic E-state index is 12.2. The number of aliphatic hydroxyl groups is 1. The first kappa shape index (κ1) is 18.5. The predicted octanol–water partition coefficient (Wildman–Crippen LogP) is 2.63. The summed E-state index contributed by atoms with van der Waals surface area (Å²) in [5.41, 5.74) is 0.971. The summed E-state index contributed by atoms with van der Waals surface area (Å²) >= 11 is 0. The molecule has 1 aliphatic carbocycles. The second-order valence-electron chi connectivity index (χ2n) is 5.96. The Hall–Kier alpha value is -1.83. The fraction of sp³-hybridized carbons (Fsp3) is 0.550. The number of hydrogen-bond donors (Lipinski definition) is 1. The molecule has 0 unspecified atom stereocenters. The van der Waals surface area contributed by atoms with Crippen LogP contribution in [-0.2, 0) is 16.0 Å². The Bertz CT molecular complexity index is 585. The molecule has 24 heavy (non-hydrogen) atoms. The van der Waals surface area contributed by atoms with E-state index in [-0.39, 0.29) is 24.2 Å². The molecule has 0 spiro atoms. The van der Waals surface area contributed by atoms with Crippen molar-refractivity contribution in [3.8, 4) is 17.6 Å². The number of benzene rings is 1. The molecule has 1 aliphatic rings. The molecule has 0 amide bonds. The third kappa shape index (κ3) is 5.36. The largest absolute Gasteiger partial charge is 0.493 e. The molecule has 2 atom stereocenters. The van der Waals surface area contributed by atoms with Crippen molar-refractivity contribution in [2.24, 2.45) is 11.8 Å². The number of carbonyl (C=O) groups is 1. The number of Topliss-reactive ketones (excluding diaryl/α,β-unsaturated/α-hetero) is 1. The molecule has 4 heteroatoms. The smallest absolute Gasteiger partial charge is 0.139 e. The van der Waals surface area contributed by atoms with E-state index in [1.165, 1.54) is 0 Å². The molecule has 2 rings (SSSR count). The lowest BCUT2D eigenvalue weighted by molar-refractivity contribution is -0.122. The van der Waals surface area contributed by atoms with Gasteiger partial charge in [-0.3, -0.25) is 4.79 Å². The highest BCUT2D eigenvalue weighted by Crippen LogP contribution is 2.32. The van der Waals surface area contributed by atoms with Crippen LogP contribution in [0.5, 0.6) is 5.75 Å². The SMILES string of the molecule is CCOCC#CC[C@H]1CCC(=O)[C@@H]1COc1ccccc1CCO. The van der Waals surface area contributed by atoms with Gasteiger partial charge in [-0.2, -0.15) is 0 Å². The van der Waals surface area contributed by atoms with Gasteiger partial charge in [-0.1, -0.05) is 24.1 Å². The van der Waals surface area contributed by atoms with Crippen molar-refractivity contribution in [3.63, 3.8) is 0 Å². The van der Waals surface area contributed by atoms with Gasteiger partial charge in [0.2, 0.25) is 0 Å². The number of ketones is 1. The summed E-state index contributed by atoms with van der Waals surface area (Å²) in [6.07, 6.45) is 2.77. The van der Waals surface area contributed by atoms with E-state index in [2.05, 4.69) is 11.8 Å². The second kappa shape index (κ2) is 10.1. The third-order valence-corrected chi connectivity index (χ3v) is 4.38. The Labute approximate surface area is 144 Å². The van der Waals surface area contributed by atoms with Crippen molar-refractivity contribution in [1.82, 2.24) is 0 Å². The van der Waals surface area contributed by atoms with Gasteiger partial charge in [0.15, 0.2) is 0 Å². The maximum absolute atomic E-state index is 12.2. The van der Waals surface area contributed by atoms with Crippen LogP contribution in [0.3, 0.4) is 0 Å². The quantitative estimate of drug-likeness (QED) is 0.588. The van der Waals surface area contributed by atoms with Gasteiger partial charge in [0, 0.05) is 26.1 Å². The van der Waals surface area contributed by atoms with Crippen LogP contribution >= 0.6 is 0 Å². The summed E-state index contributed by atoms with van der Waals surface area (Å²) in [6, 6.07) is 7.67. The van der Waals surface area contributed by atoms with Crippen molar-refractivity contribution in [2.75, 3.05) is 26.4 Å². The molecule has 0 aromatic heterocycles. The summed E-state index contributed by atoms with van der Waals surface area (Å²) in [7, 11) is 0. The summed E-state index contributed by atoms with van der Waals surface area (Å²) < 4.78 is 11.1. The van der Waals surface area contributed by atoms with Crippen LogP contribution in [0.15, 0.2) is 24.3 Å². The molecule has 130 valence electrons. The average molecular weight is 330 g/mol. The fourth-order valence-electron chi connectivity index (χ4n) is 3.01. The zero-order valence-electron chi connectivity index (χ0n) is 14.3. The van der Waals surface area contributed by atoms with Crippen LogP contribution in [0.4, 0.5) is 0 Å². The predicted molar refractivity (Wildman–Crippen MR) is 92.8 cm³/mol. The Balaban J connectivity index is 1.91. The molecule has 0 saturated heterocycles. The Morgan fingerprint density at radius 2 is 2.12 bits per heavy atom. The van der Waals surface area contributed by atoms with Crippen molar-refractivity contribution in [2.45, 2.75) is 32.6 Å². The van der Waals surface area contributed by atoms with Crippen LogP contribution in [0.1, 0.15) is 31.7 Å². The summed E-state index contributed by atoms with van der Waals surface area (Å²) in [4.78, 5) is 12.2. The van der Waals surface area contributed by atoms with Gasteiger partial charge >= 0.3 is 0 Å². The third-order valence-electron chi connectivity index (χ3n) is 4.38. The van der Waals surface area contributed by atoms with Crippen molar-refractivity contribution >= 4 is 5.78 Å². The van der Waals surface area contributed by atoms with E-state index in [0.717, 1.165) is 17.7 Å². The Kier molecular flexibility index (Phi) is 7.81. The molecule has 0 radical (unpaired) electrons. The fourth-order valence-corrected chi connectivity index (χ4v) is 3.01. The molecule has 0 bridgehead atoms. The molecule has 1 N–H and O–H groups in total. The molecule has 1 fully saturated rings. The summed E-state index contributed by atoms with van der Waals surface area (Å²) in [5.74, 6) is 7.32. The number of rotatable bonds is 8. The standard InChI is InChI=1S/C20H26O4/c1-2-23-14-6-5-7-16-10-11-19(22)18(16)15-24-20-9-4-3-8-17(20)12-13-21/h3-4,8-9,16,18,21H,2,7,10-15H2,1H3/t16-,18+/m0/s1. The van der Waals surface area contributed by atoms with E-state index >= 15 is 0 Å². The minimum absolute atomic E-state index is 0.0841. The first-order chi connectivity index (χ1) is 11.8. The van der Waals surface area contributed by atoms with Gasteiger partial charge in [0.05, 0.1) is 12.5 Å². The topological polar surface area (TPSA) is 55.8 Å². The first-order valence-electron chi connectivity index (χ1n) is 8.64. The highest BCUT2D eigenvalue weighted by Gasteiger charge is 2.34. The highest BCUT2D eigenvalue weighted by molar-refractivity contribution is 5.83. The van der Waals surface area contributed by atoms with Gasteiger partial charge in [-0.15, -0.1) is 5.92 Å². The van der Waals surface area contributed by atoms with Crippen molar-refractivity contribution in [3.05, 3.63) is 29.8 Å². The number of carbonyl (C=O) groups excluding carboxylic acids is 1. The molecule has 4 nitrogen and oxygen atoms in total. The normalized spacial score (nSPS) is 19.8. The van der Waals surface area contributed by atoms with Gasteiger partial charge in [0.1, 0.15) is 18.1 Å². The van der Waals surface area contributed by atoms with Crippen LogP contribution in [0.2, 0.25) is 0 Å². The summed E-state index contributed by atoms with van der Waals surface area (Å²) in [6.45, 7) is 3.53. The average Bonchev–Trinajstić information content (AvgIpc) is 2.94. The van der Waals surface area contributed by atoms with Gasteiger partial charge in [-0.25, -0.2) is 0 Å². The molecular formula is C20H26O4. The number of ether oxygens (including phenoxy) is 2. The van der Waals surface area contributed by atoms with Crippen LogP contribution < -0.4 is 4.74 Å². The van der Waals surface area contributed by atoms with Gasteiger partial charge in [-0.05, 0) is 37.3 Å². The van der Waals surface area contributed by atoms with Crippen LogP contribution in [0.25, 0.3) is 0 Å². The van der Waals surface area contributed by atoms with Gasteiger partial charge in [0.25, 0.3) is 0 Å². The molecule has 0 heterocycles. The first-order valence-corrected chi connectivity index (χ1v) is 8.64. The Morgan fingerprint density at radius 1 is 1.29 bits per heavy atom. The van der Waals surface area contributed by atoms with Crippen LogP contribution in [0, 0.1) is 23.7 Å². The lowest BCUT2D eigenvalue weighted by Gasteiger charge is -2.18. The zero-order valence-corrected chi connectivity index (χ0v) is 14.3. The minimum atomic E-state index is -0.0893. The van der Waals surface area contributed by atoms with E-state index in [9.17, 15) is 4.79 Å². The van der Waals surface area contributed by atoms with E-state index in [1.54, 1.807) is 0 Å². The van der Waals surface area contributed by atoms with E-state index < -0.39 is 0 Å². The Morgan fingerprint density at radius 3 is 2.92 bits per heavy atom. The number of para-hydroxylation sites is 1. The van der Waals surface area contributed by atoms with E-state index in [1.807, 2.05) is 31.2 Å². The maximum Gasteiger partial charge on any atom is 0.139 e. The van der Waals surface area contributed by atoms with Crippen LogP contribution in [-0.4, -0.2) is 37.3 Å². The highest BCUT2D eigenvalue weighted by atomic mass is 16.5. The zero-order chi connectivity index (χ0) is 17.2. The monoisotopic (exact) mass is 330 g/mol. The van der Waals surface area contributed by atoms with Crippen molar-refractivity contribution < 1.29 is 19.4 Å². The lowest BCUT2D eigenvalue weighted by Crippen LogP contribution is -2.23. The number of hydrogen-bond acceptors (Lipinski definition) is 4. The van der Waals surface area contributed by atoms with Crippen molar-refractivity contribution in [1.29, 1.82) is 0 Å². The molecule has 1 aromatic carbocycles. The van der Waals surface area contributed by atoms with E-state index in [4.69, 9.17) is 14.6 Å². The summed E-state index contributed by atoms with van der Waals surface area (Å²) in [5, 5.41) is 9.13. The molecule has 1 aromatic rings. The molecular weight excluding hydrogens is 304 g/mol. The lowest BCUT2D eigenvalue weighted by atomic mass is 9.93. The molecule has 1 saturated carbocycles.